The van der Waals surface area contributed by atoms with E-state index in [4.69, 9.17) is 37.0 Å². The molecule has 17 nitrogen and oxygen atoms in total. The van der Waals surface area contributed by atoms with Crippen LogP contribution in [0.25, 0.3) is 0 Å². The number of hydrogen-bond donors (Lipinski definition) is 3. The van der Waals surface area contributed by atoms with E-state index in [1.54, 1.807) is 0 Å². The average Bonchev–Trinajstić information content (AvgIpc) is 1.56. The summed E-state index contributed by atoms with van der Waals surface area (Å²) in [5, 5.41) is 10.6. The van der Waals surface area contributed by atoms with Gasteiger partial charge in [0.25, 0.3) is 0 Å². The summed E-state index contributed by atoms with van der Waals surface area (Å²) in [5.41, 5.74) is 0. The number of unbranched alkanes of at least 4 members (excludes halogenated alkanes) is 45. The third-order valence-electron chi connectivity index (χ3n) is 18.3. The summed E-state index contributed by atoms with van der Waals surface area (Å²) in [7, 11) is -9.91. The first-order valence-electron chi connectivity index (χ1n) is 40.0. The topological polar surface area (TPSA) is 237 Å². The standard InChI is InChI=1S/C77H150O17P2/c1-7-10-12-14-16-18-20-22-24-26-30-34-41-47-53-59-74(79)87-65-72(93-77(82)62-56-50-44-36-32-28-27-29-33-39-45-51-57-69(4)5)67-91-95(83,84)89-63-71(78)64-90-96(85,86)92-68-73(66-88-75(80)60-54-48-42-38-37-40-46-52-58-70(6)9-3)94-76(81)61-55-49-43-35-31-25-23-21-19-17-15-13-11-8-2/h69-73,78H,7-68H2,1-6H3,(H,83,84)(H,85,86)/t70?,71-,72-,73-/m1/s1. The van der Waals surface area contributed by atoms with E-state index >= 15 is 0 Å². The van der Waals surface area contributed by atoms with Gasteiger partial charge in [-0.3, -0.25) is 37.3 Å². The van der Waals surface area contributed by atoms with Crippen LogP contribution in [0.1, 0.15) is 401 Å². The summed E-state index contributed by atoms with van der Waals surface area (Å²) < 4.78 is 68.6. The number of hydrogen-bond acceptors (Lipinski definition) is 15. The molecule has 96 heavy (non-hydrogen) atoms. The Morgan fingerprint density at radius 3 is 0.792 bits per heavy atom. The molecule has 0 aromatic heterocycles. The van der Waals surface area contributed by atoms with E-state index in [1.807, 2.05) is 0 Å². The van der Waals surface area contributed by atoms with Crippen LogP contribution < -0.4 is 0 Å². The van der Waals surface area contributed by atoms with Gasteiger partial charge < -0.3 is 33.8 Å². The smallest absolute Gasteiger partial charge is 0.462 e. The van der Waals surface area contributed by atoms with Gasteiger partial charge in [-0.15, -0.1) is 0 Å². The van der Waals surface area contributed by atoms with Crippen molar-refractivity contribution in [3.63, 3.8) is 0 Å². The highest BCUT2D eigenvalue weighted by Gasteiger charge is 2.30. The van der Waals surface area contributed by atoms with E-state index in [2.05, 4.69) is 41.5 Å². The molecule has 0 aromatic carbocycles. The van der Waals surface area contributed by atoms with Crippen molar-refractivity contribution in [1.29, 1.82) is 0 Å². The zero-order valence-corrected chi connectivity index (χ0v) is 64.5. The number of phosphoric acid groups is 2. The maximum Gasteiger partial charge on any atom is 0.472 e. The second-order valence-corrected chi connectivity index (χ2v) is 31.4. The van der Waals surface area contributed by atoms with Gasteiger partial charge in [-0.25, -0.2) is 9.13 Å². The van der Waals surface area contributed by atoms with Gasteiger partial charge in [0.1, 0.15) is 19.3 Å². The van der Waals surface area contributed by atoms with E-state index in [-0.39, 0.29) is 25.7 Å². The Kier molecular flexibility index (Phi) is 67.4. The summed E-state index contributed by atoms with van der Waals surface area (Å²) in [5.74, 6) is -0.557. The molecule has 570 valence electrons. The Hall–Kier alpha value is -1.94. The molecular weight excluding hydrogens is 1260 g/mol. The van der Waals surface area contributed by atoms with Crippen LogP contribution in [0.4, 0.5) is 0 Å². The van der Waals surface area contributed by atoms with Gasteiger partial charge >= 0.3 is 39.5 Å². The Morgan fingerprint density at radius 2 is 0.531 bits per heavy atom. The first-order chi connectivity index (χ1) is 46.4. The van der Waals surface area contributed by atoms with Crippen LogP contribution in [-0.2, 0) is 65.4 Å². The van der Waals surface area contributed by atoms with Crippen molar-refractivity contribution in [1.82, 2.24) is 0 Å². The van der Waals surface area contributed by atoms with E-state index < -0.39 is 97.5 Å². The number of rotatable bonds is 76. The van der Waals surface area contributed by atoms with Crippen molar-refractivity contribution in [3.05, 3.63) is 0 Å². The minimum atomic E-state index is -4.96. The second kappa shape index (κ2) is 68.8. The Labute approximate surface area is 588 Å². The minimum Gasteiger partial charge on any atom is -0.462 e. The zero-order valence-electron chi connectivity index (χ0n) is 62.7. The lowest BCUT2D eigenvalue weighted by molar-refractivity contribution is -0.161. The third kappa shape index (κ3) is 69.2. The first kappa shape index (κ1) is 94.1. The maximum absolute atomic E-state index is 13.1. The fourth-order valence-corrected chi connectivity index (χ4v) is 13.4. The molecule has 0 aliphatic rings. The number of carbonyl (C=O) groups excluding carboxylic acids is 4. The highest BCUT2D eigenvalue weighted by atomic mass is 31.2. The molecule has 0 saturated carbocycles. The second-order valence-electron chi connectivity index (χ2n) is 28.5. The van der Waals surface area contributed by atoms with Crippen LogP contribution in [0.3, 0.4) is 0 Å². The van der Waals surface area contributed by atoms with Crippen molar-refractivity contribution >= 4 is 39.5 Å². The quantitative estimate of drug-likeness (QED) is 0.0222. The van der Waals surface area contributed by atoms with Gasteiger partial charge in [-0.2, -0.15) is 0 Å². The molecule has 0 aliphatic heterocycles. The van der Waals surface area contributed by atoms with Crippen molar-refractivity contribution < 1.29 is 80.2 Å². The molecular formula is C77H150O17P2. The lowest BCUT2D eigenvalue weighted by Crippen LogP contribution is -2.30. The summed E-state index contributed by atoms with van der Waals surface area (Å²) >= 11 is 0. The number of ether oxygens (including phenoxy) is 4. The molecule has 0 fully saturated rings. The summed E-state index contributed by atoms with van der Waals surface area (Å²) in [6.07, 6.45) is 56.6. The van der Waals surface area contributed by atoms with E-state index in [1.165, 1.54) is 218 Å². The number of phosphoric ester groups is 2. The monoisotopic (exact) mass is 1410 g/mol. The van der Waals surface area contributed by atoms with Gasteiger partial charge in [0.05, 0.1) is 26.4 Å². The van der Waals surface area contributed by atoms with E-state index in [0.717, 1.165) is 102 Å². The van der Waals surface area contributed by atoms with Crippen LogP contribution >= 0.6 is 15.6 Å². The number of aliphatic hydroxyl groups excluding tert-OH is 1. The molecule has 6 atom stereocenters. The van der Waals surface area contributed by atoms with Gasteiger partial charge in [-0.05, 0) is 37.5 Å². The molecule has 0 aromatic rings. The zero-order chi connectivity index (χ0) is 70.7. The molecule has 0 aliphatic carbocycles. The fourth-order valence-electron chi connectivity index (χ4n) is 11.8. The molecule has 0 spiro atoms. The van der Waals surface area contributed by atoms with E-state index in [9.17, 15) is 43.2 Å². The lowest BCUT2D eigenvalue weighted by Gasteiger charge is -2.21. The molecule has 0 radical (unpaired) electrons. The maximum atomic E-state index is 13.1. The van der Waals surface area contributed by atoms with E-state index in [0.29, 0.717) is 25.7 Å². The molecule has 19 heteroatoms. The van der Waals surface area contributed by atoms with Crippen molar-refractivity contribution in [2.24, 2.45) is 11.8 Å². The highest BCUT2D eigenvalue weighted by molar-refractivity contribution is 7.47. The van der Waals surface area contributed by atoms with Crippen LogP contribution in [0, 0.1) is 11.8 Å². The van der Waals surface area contributed by atoms with Gasteiger partial charge in [0.2, 0.25) is 0 Å². The first-order valence-corrected chi connectivity index (χ1v) is 43.0. The predicted octanol–water partition coefficient (Wildman–Crippen LogP) is 22.7. The number of carbonyl (C=O) groups is 4. The fraction of sp³-hybridized carbons (Fsp3) is 0.948. The normalized spacial score (nSPS) is 14.3. The third-order valence-corrected chi connectivity index (χ3v) is 20.2. The summed E-state index contributed by atoms with van der Waals surface area (Å²) in [4.78, 5) is 72.9. The largest absolute Gasteiger partial charge is 0.472 e. The Bertz CT molecular complexity index is 1860. The Balaban J connectivity index is 5.27. The highest BCUT2D eigenvalue weighted by Crippen LogP contribution is 2.45. The van der Waals surface area contributed by atoms with Gasteiger partial charge in [-0.1, -0.05) is 350 Å². The lowest BCUT2D eigenvalue weighted by atomic mass is 9.99. The molecule has 0 saturated heterocycles. The SMILES string of the molecule is CCCCCCCCCCCCCCCCCC(=O)OC[C@H](COP(=O)(O)OC[C@@H](O)COP(=O)(O)OC[C@@H](COC(=O)CCCCCCCCCCC(C)CC)OC(=O)CCCCCCCCCCCCCCCC)OC(=O)CCCCCCCCCCCCCCC(C)C. The number of aliphatic hydroxyl groups is 1. The van der Waals surface area contributed by atoms with Gasteiger partial charge in [0, 0.05) is 25.7 Å². The number of esters is 4. The van der Waals surface area contributed by atoms with Crippen LogP contribution in [0.15, 0.2) is 0 Å². The Morgan fingerprint density at radius 1 is 0.302 bits per heavy atom. The van der Waals surface area contributed by atoms with Crippen LogP contribution in [0.5, 0.6) is 0 Å². The summed E-state index contributed by atoms with van der Waals surface area (Å²) in [6, 6.07) is 0. The minimum absolute atomic E-state index is 0.107. The predicted molar refractivity (Wildman–Crippen MR) is 391 cm³/mol. The average molecular weight is 1410 g/mol. The van der Waals surface area contributed by atoms with Gasteiger partial charge in [0.15, 0.2) is 12.2 Å². The molecule has 0 amide bonds. The van der Waals surface area contributed by atoms with Crippen molar-refractivity contribution in [2.45, 2.75) is 419 Å². The summed E-state index contributed by atoms with van der Waals surface area (Å²) in [6.45, 7) is 9.63. The van der Waals surface area contributed by atoms with Crippen LogP contribution in [0.2, 0.25) is 0 Å². The molecule has 3 N–H and O–H groups in total. The van der Waals surface area contributed by atoms with Crippen molar-refractivity contribution in [2.75, 3.05) is 39.6 Å². The molecule has 3 unspecified atom stereocenters. The molecule has 0 bridgehead atoms. The van der Waals surface area contributed by atoms with Crippen LogP contribution in [-0.4, -0.2) is 96.7 Å². The molecule has 0 rings (SSSR count). The molecule has 0 heterocycles. The van der Waals surface area contributed by atoms with Crippen molar-refractivity contribution in [3.8, 4) is 0 Å².